The molecule has 0 amide bonds. The molecule has 0 N–H and O–H groups in total. The number of halogens is 1. The lowest BCUT2D eigenvalue weighted by atomic mass is 10.0. The molecule has 56 valence electrons. The first-order chi connectivity index (χ1) is 4.04. The molecule has 0 aromatic rings. The summed E-state index contributed by atoms with van der Waals surface area (Å²) in [5, 5.41) is 0. The van der Waals surface area contributed by atoms with Crippen LogP contribution in [0, 0.1) is 11.8 Å². The quantitative estimate of drug-likeness (QED) is 0.602. The van der Waals surface area contributed by atoms with E-state index in [2.05, 4.69) is 43.6 Å². The van der Waals surface area contributed by atoms with E-state index in [0.29, 0.717) is 4.83 Å². The second-order valence-corrected chi connectivity index (χ2v) is 4.57. The van der Waals surface area contributed by atoms with E-state index in [9.17, 15) is 0 Å². The largest absolute Gasteiger partial charge is 0.0888 e. The third kappa shape index (κ3) is 4.95. The van der Waals surface area contributed by atoms with Gasteiger partial charge in [0.1, 0.15) is 0 Å². The second-order valence-electron chi connectivity index (χ2n) is 3.39. The van der Waals surface area contributed by atoms with Gasteiger partial charge in [-0.3, -0.25) is 0 Å². The van der Waals surface area contributed by atoms with Crippen LogP contribution in [-0.2, 0) is 0 Å². The highest BCUT2D eigenvalue weighted by Crippen LogP contribution is 2.19. The molecule has 0 radical (unpaired) electrons. The number of alkyl halides is 1. The summed E-state index contributed by atoms with van der Waals surface area (Å²) in [6, 6.07) is 0. The van der Waals surface area contributed by atoms with Gasteiger partial charge in [0, 0.05) is 4.83 Å². The van der Waals surface area contributed by atoms with Crippen LogP contribution in [0.25, 0.3) is 0 Å². The van der Waals surface area contributed by atoms with E-state index >= 15 is 0 Å². The Morgan fingerprint density at radius 2 is 1.56 bits per heavy atom. The Morgan fingerprint density at radius 1 is 1.11 bits per heavy atom. The average Bonchev–Trinajstić information content (AvgIpc) is 1.63. The molecule has 0 fully saturated rings. The zero-order chi connectivity index (χ0) is 7.44. The number of rotatable bonds is 3. The van der Waals surface area contributed by atoms with Crippen molar-refractivity contribution in [3.8, 4) is 0 Å². The number of hydrogen-bond acceptors (Lipinski definition) is 0. The molecular formula is C8H17Br. The third-order valence-corrected chi connectivity index (χ3v) is 2.85. The van der Waals surface area contributed by atoms with Crippen molar-refractivity contribution in [3.63, 3.8) is 0 Å². The Labute approximate surface area is 67.2 Å². The van der Waals surface area contributed by atoms with Crippen LogP contribution in [0.3, 0.4) is 0 Å². The van der Waals surface area contributed by atoms with Gasteiger partial charge in [0.2, 0.25) is 0 Å². The van der Waals surface area contributed by atoms with Gasteiger partial charge in [-0.1, -0.05) is 43.6 Å². The van der Waals surface area contributed by atoms with Crippen LogP contribution < -0.4 is 0 Å². The lowest BCUT2D eigenvalue weighted by molar-refractivity contribution is 0.496. The fraction of sp³-hybridized carbons (Fsp3) is 1.00. The van der Waals surface area contributed by atoms with Crippen LogP contribution in [-0.4, -0.2) is 4.83 Å². The maximum atomic E-state index is 3.64. The predicted molar refractivity (Wildman–Crippen MR) is 47.0 cm³/mol. The maximum Gasteiger partial charge on any atom is 0.0171 e. The van der Waals surface area contributed by atoms with Gasteiger partial charge >= 0.3 is 0 Å². The molecule has 0 aliphatic rings. The Balaban J connectivity index is 3.38. The Hall–Kier alpha value is 0.480. The molecule has 9 heavy (non-hydrogen) atoms. The summed E-state index contributed by atoms with van der Waals surface area (Å²) in [7, 11) is 0. The summed E-state index contributed by atoms with van der Waals surface area (Å²) in [6.45, 7) is 9.02. The maximum absolute atomic E-state index is 3.64. The van der Waals surface area contributed by atoms with Gasteiger partial charge in [-0.15, -0.1) is 0 Å². The van der Waals surface area contributed by atoms with Gasteiger partial charge < -0.3 is 0 Å². The van der Waals surface area contributed by atoms with Crippen molar-refractivity contribution >= 4 is 15.9 Å². The highest BCUT2D eigenvalue weighted by molar-refractivity contribution is 9.09. The van der Waals surface area contributed by atoms with E-state index < -0.39 is 0 Å². The molecular weight excluding hydrogens is 176 g/mol. The van der Waals surface area contributed by atoms with Gasteiger partial charge in [0.25, 0.3) is 0 Å². The monoisotopic (exact) mass is 192 g/mol. The van der Waals surface area contributed by atoms with Crippen molar-refractivity contribution in [1.29, 1.82) is 0 Å². The normalized spacial score (nSPS) is 15.0. The van der Waals surface area contributed by atoms with Crippen molar-refractivity contribution in [2.45, 2.75) is 38.9 Å². The van der Waals surface area contributed by atoms with Crippen molar-refractivity contribution in [2.75, 3.05) is 0 Å². The molecule has 0 aliphatic carbocycles. The fourth-order valence-corrected chi connectivity index (χ4v) is 1.47. The van der Waals surface area contributed by atoms with Crippen LogP contribution in [0.4, 0.5) is 0 Å². The minimum atomic E-state index is 0.706. The summed E-state index contributed by atoms with van der Waals surface area (Å²) in [4.78, 5) is 0.706. The lowest BCUT2D eigenvalue weighted by Gasteiger charge is -2.15. The highest BCUT2D eigenvalue weighted by atomic mass is 79.9. The fourth-order valence-electron chi connectivity index (χ4n) is 0.723. The van der Waals surface area contributed by atoms with Gasteiger partial charge in [-0.25, -0.2) is 0 Å². The molecule has 0 spiro atoms. The Kier molecular flexibility index (Phi) is 4.55. The molecule has 0 aromatic carbocycles. The number of hydrogen-bond donors (Lipinski definition) is 0. The average molecular weight is 193 g/mol. The van der Waals surface area contributed by atoms with Crippen LogP contribution in [0.5, 0.6) is 0 Å². The smallest absolute Gasteiger partial charge is 0.0171 e. The Morgan fingerprint density at radius 3 is 1.67 bits per heavy atom. The molecule has 1 atom stereocenters. The van der Waals surface area contributed by atoms with E-state index in [1.165, 1.54) is 6.42 Å². The molecule has 1 heteroatoms. The summed E-state index contributed by atoms with van der Waals surface area (Å²) < 4.78 is 0. The van der Waals surface area contributed by atoms with Gasteiger partial charge in [-0.05, 0) is 18.3 Å². The van der Waals surface area contributed by atoms with E-state index in [4.69, 9.17) is 0 Å². The molecule has 0 aromatic heterocycles. The molecule has 0 bridgehead atoms. The summed E-state index contributed by atoms with van der Waals surface area (Å²) in [5.41, 5.74) is 0. The first-order valence-electron chi connectivity index (χ1n) is 3.68. The van der Waals surface area contributed by atoms with Crippen molar-refractivity contribution < 1.29 is 0 Å². The highest BCUT2D eigenvalue weighted by Gasteiger charge is 2.09. The zero-order valence-corrected chi connectivity index (χ0v) is 8.40. The van der Waals surface area contributed by atoms with E-state index in [1.54, 1.807) is 0 Å². The first kappa shape index (κ1) is 9.48. The SMILES string of the molecule is CC(C)CC(Br)C(C)C. The zero-order valence-electron chi connectivity index (χ0n) is 6.82. The van der Waals surface area contributed by atoms with Gasteiger partial charge in [0.05, 0.1) is 0 Å². The minimum absolute atomic E-state index is 0.706. The Bertz CT molecular complexity index is 67.0. The van der Waals surface area contributed by atoms with E-state index in [0.717, 1.165) is 11.8 Å². The third-order valence-electron chi connectivity index (χ3n) is 1.42. The topological polar surface area (TPSA) is 0 Å². The van der Waals surface area contributed by atoms with Crippen molar-refractivity contribution in [2.24, 2.45) is 11.8 Å². The van der Waals surface area contributed by atoms with Crippen molar-refractivity contribution in [3.05, 3.63) is 0 Å². The standard InChI is InChI=1S/C8H17Br/c1-6(2)5-8(9)7(3)4/h6-8H,5H2,1-4H3. The van der Waals surface area contributed by atoms with E-state index in [1.807, 2.05) is 0 Å². The van der Waals surface area contributed by atoms with Crippen LogP contribution in [0.15, 0.2) is 0 Å². The summed E-state index contributed by atoms with van der Waals surface area (Å²) in [6.07, 6.45) is 1.29. The van der Waals surface area contributed by atoms with Crippen LogP contribution in [0.1, 0.15) is 34.1 Å². The molecule has 0 heterocycles. The first-order valence-corrected chi connectivity index (χ1v) is 4.59. The van der Waals surface area contributed by atoms with Gasteiger partial charge in [0.15, 0.2) is 0 Å². The molecule has 0 rings (SSSR count). The summed E-state index contributed by atoms with van der Waals surface area (Å²) in [5.74, 6) is 1.59. The molecule has 0 saturated carbocycles. The molecule has 1 unspecified atom stereocenters. The predicted octanol–water partition coefficient (Wildman–Crippen LogP) is 3.45. The van der Waals surface area contributed by atoms with Crippen LogP contribution in [0.2, 0.25) is 0 Å². The molecule has 0 saturated heterocycles. The van der Waals surface area contributed by atoms with Crippen molar-refractivity contribution in [1.82, 2.24) is 0 Å². The van der Waals surface area contributed by atoms with E-state index in [-0.39, 0.29) is 0 Å². The summed E-state index contributed by atoms with van der Waals surface area (Å²) >= 11 is 3.64. The second kappa shape index (κ2) is 4.32. The molecule has 0 aliphatic heterocycles. The lowest BCUT2D eigenvalue weighted by Crippen LogP contribution is -2.09. The molecule has 0 nitrogen and oxygen atoms in total. The van der Waals surface area contributed by atoms with Crippen LogP contribution >= 0.6 is 15.9 Å². The minimum Gasteiger partial charge on any atom is -0.0888 e. The van der Waals surface area contributed by atoms with Gasteiger partial charge in [-0.2, -0.15) is 0 Å².